The van der Waals surface area contributed by atoms with E-state index in [0.717, 1.165) is 27.8 Å². The minimum atomic E-state index is -0.742. The van der Waals surface area contributed by atoms with Gasteiger partial charge in [-0.1, -0.05) is 42.5 Å². The number of hydrogen-bond donors (Lipinski definition) is 1. The first-order valence-electron chi connectivity index (χ1n) is 10.8. The second-order valence-electron chi connectivity index (χ2n) is 8.51. The first-order valence-corrected chi connectivity index (χ1v) is 10.8. The molecule has 0 aliphatic carbocycles. The lowest BCUT2D eigenvalue weighted by Gasteiger charge is -2.27. The Morgan fingerprint density at radius 3 is 2.24 bits per heavy atom. The second-order valence-corrected chi connectivity index (χ2v) is 8.51. The van der Waals surface area contributed by atoms with E-state index in [1.807, 2.05) is 82.3 Å². The van der Waals surface area contributed by atoms with Crippen LogP contribution in [0.25, 0.3) is 5.76 Å². The van der Waals surface area contributed by atoms with Crippen molar-refractivity contribution in [3.8, 4) is 5.75 Å². The number of hydrogen-bond acceptors (Lipinski definition) is 4. The van der Waals surface area contributed by atoms with Crippen molar-refractivity contribution in [1.29, 1.82) is 0 Å². The maximum absolute atomic E-state index is 13.4. The molecule has 5 heteroatoms. The molecule has 1 atom stereocenters. The Kier molecular flexibility index (Phi) is 5.81. The fourth-order valence-corrected chi connectivity index (χ4v) is 4.42. The van der Waals surface area contributed by atoms with E-state index in [9.17, 15) is 14.7 Å². The Balaban J connectivity index is 1.99. The van der Waals surface area contributed by atoms with Crippen LogP contribution in [0.4, 0.5) is 5.69 Å². The summed E-state index contributed by atoms with van der Waals surface area (Å²) < 4.78 is 5.39. The predicted octanol–water partition coefficient (Wildman–Crippen LogP) is 5.56. The summed E-state index contributed by atoms with van der Waals surface area (Å²) in [5.74, 6) is -0.838. The summed E-state index contributed by atoms with van der Waals surface area (Å²) in [6.45, 7) is 7.57. The maximum atomic E-state index is 13.4. The maximum Gasteiger partial charge on any atom is 0.300 e. The number of methoxy groups -OCH3 is 1. The molecule has 1 N–H and O–H groups in total. The van der Waals surface area contributed by atoms with Crippen molar-refractivity contribution in [3.05, 3.63) is 99.6 Å². The number of ketones is 1. The number of aliphatic hydroxyl groups is 1. The Morgan fingerprint density at radius 1 is 0.879 bits per heavy atom. The van der Waals surface area contributed by atoms with E-state index in [2.05, 4.69) is 0 Å². The molecule has 33 heavy (non-hydrogen) atoms. The largest absolute Gasteiger partial charge is 0.507 e. The van der Waals surface area contributed by atoms with Gasteiger partial charge in [0.25, 0.3) is 11.7 Å². The molecule has 5 nitrogen and oxygen atoms in total. The van der Waals surface area contributed by atoms with E-state index >= 15 is 0 Å². The molecule has 1 aliphatic heterocycles. The average molecular weight is 442 g/mol. The van der Waals surface area contributed by atoms with Gasteiger partial charge in [-0.15, -0.1) is 0 Å². The molecule has 168 valence electrons. The number of carbonyl (C=O) groups excluding carboxylic acids is 2. The summed E-state index contributed by atoms with van der Waals surface area (Å²) in [6.07, 6.45) is 0. The summed E-state index contributed by atoms with van der Waals surface area (Å²) in [7, 11) is 1.59. The summed E-state index contributed by atoms with van der Waals surface area (Å²) in [5, 5.41) is 11.4. The normalized spacial score (nSPS) is 17.5. The molecule has 1 fully saturated rings. The molecule has 0 bridgehead atoms. The van der Waals surface area contributed by atoms with Gasteiger partial charge < -0.3 is 9.84 Å². The highest BCUT2D eigenvalue weighted by molar-refractivity contribution is 6.51. The third-order valence-electron chi connectivity index (χ3n) is 6.18. The van der Waals surface area contributed by atoms with Gasteiger partial charge >= 0.3 is 0 Å². The van der Waals surface area contributed by atoms with Gasteiger partial charge in [0.1, 0.15) is 11.5 Å². The number of carbonyl (C=O) groups is 2. The fourth-order valence-electron chi connectivity index (χ4n) is 4.42. The van der Waals surface area contributed by atoms with Crippen LogP contribution < -0.4 is 9.64 Å². The standard InChI is InChI=1S/C28H27NO4/c1-16-11-12-17(2)22(13-16)29-25(20-9-7-6-8-10-20)24(27(31)28(29)32)26(30)21-14-19(4)23(33-5)15-18(21)3/h6-15,25,30H,1-5H3/b26-24+. The molecule has 1 saturated heterocycles. The highest BCUT2D eigenvalue weighted by atomic mass is 16.5. The van der Waals surface area contributed by atoms with E-state index in [0.29, 0.717) is 17.0 Å². The van der Waals surface area contributed by atoms with Crippen LogP contribution in [-0.2, 0) is 9.59 Å². The summed E-state index contributed by atoms with van der Waals surface area (Å²) in [6, 6.07) is 18.0. The Labute approximate surface area is 193 Å². The lowest BCUT2D eigenvalue weighted by atomic mass is 9.93. The summed E-state index contributed by atoms with van der Waals surface area (Å²) >= 11 is 0. The third kappa shape index (κ3) is 3.80. The van der Waals surface area contributed by atoms with E-state index < -0.39 is 17.7 Å². The van der Waals surface area contributed by atoms with Crippen molar-refractivity contribution in [2.24, 2.45) is 0 Å². The zero-order chi connectivity index (χ0) is 23.9. The Bertz CT molecular complexity index is 1290. The second kappa shape index (κ2) is 8.58. The number of ether oxygens (including phenoxy) is 1. The van der Waals surface area contributed by atoms with Crippen LogP contribution in [0.1, 0.15) is 39.4 Å². The first-order chi connectivity index (χ1) is 15.7. The van der Waals surface area contributed by atoms with Crippen LogP contribution in [-0.4, -0.2) is 23.9 Å². The van der Waals surface area contributed by atoms with Gasteiger partial charge in [-0.2, -0.15) is 0 Å². The minimum absolute atomic E-state index is 0.0831. The van der Waals surface area contributed by atoms with Gasteiger partial charge in [0.15, 0.2) is 0 Å². The highest BCUT2D eigenvalue weighted by Crippen LogP contribution is 2.44. The monoisotopic (exact) mass is 441 g/mol. The van der Waals surface area contributed by atoms with Gasteiger partial charge in [-0.25, -0.2) is 0 Å². The third-order valence-corrected chi connectivity index (χ3v) is 6.18. The van der Waals surface area contributed by atoms with Crippen molar-refractivity contribution in [2.45, 2.75) is 33.7 Å². The number of aliphatic hydroxyl groups excluding tert-OH is 1. The molecule has 3 aromatic carbocycles. The van der Waals surface area contributed by atoms with Crippen LogP contribution in [0, 0.1) is 27.7 Å². The Morgan fingerprint density at radius 2 is 1.58 bits per heavy atom. The van der Waals surface area contributed by atoms with Crippen molar-refractivity contribution < 1.29 is 19.4 Å². The molecule has 1 heterocycles. The number of nitrogens with zero attached hydrogens (tertiary/aromatic N) is 1. The van der Waals surface area contributed by atoms with Crippen LogP contribution in [0.5, 0.6) is 5.75 Å². The highest BCUT2D eigenvalue weighted by Gasteiger charge is 2.47. The van der Waals surface area contributed by atoms with Crippen LogP contribution in [0.15, 0.2) is 66.2 Å². The van der Waals surface area contributed by atoms with Crippen molar-refractivity contribution in [3.63, 3.8) is 0 Å². The van der Waals surface area contributed by atoms with Crippen molar-refractivity contribution in [2.75, 3.05) is 12.0 Å². The number of aryl methyl sites for hydroxylation is 4. The van der Waals surface area contributed by atoms with Crippen LogP contribution in [0.3, 0.4) is 0 Å². The number of benzene rings is 3. The van der Waals surface area contributed by atoms with Gasteiger partial charge in [0.05, 0.1) is 18.7 Å². The molecular formula is C28H27NO4. The number of anilines is 1. The molecule has 3 aromatic rings. The first kappa shape index (κ1) is 22.3. The van der Waals surface area contributed by atoms with E-state index in [-0.39, 0.29) is 11.3 Å². The lowest BCUT2D eigenvalue weighted by molar-refractivity contribution is -0.132. The van der Waals surface area contributed by atoms with Crippen LogP contribution in [0.2, 0.25) is 0 Å². The quantitative estimate of drug-likeness (QED) is 0.327. The molecule has 0 radical (unpaired) electrons. The Hall–Kier alpha value is -3.86. The minimum Gasteiger partial charge on any atom is -0.507 e. The van der Waals surface area contributed by atoms with E-state index in [4.69, 9.17) is 4.74 Å². The number of amides is 1. The predicted molar refractivity (Wildman–Crippen MR) is 130 cm³/mol. The SMILES string of the molecule is COc1cc(C)c(/C(O)=C2\C(=O)C(=O)N(c3cc(C)ccc3C)C2c2ccccc2)cc1C. The summed E-state index contributed by atoms with van der Waals surface area (Å²) in [4.78, 5) is 28.2. The van der Waals surface area contributed by atoms with Gasteiger partial charge in [0.2, 0.25) is 0 Å². The zero-order valence-corrected chi connectivity index (χ0v) is 19.5. The van der Waals surface area contributed by atoms with Gasteiger partial charge in [-0.3, -0.25) is 14.5 Å². The molecule has 1 unspecified atom stereocenters. The molecule has 4 rings (SSSR count). The number of rotatable bonds is 4. The molecular weight excluding hydrogens is 414 g/mol. The average Bonchev–Trinajstić information content (AvgIpc) is 3.07. The zero-order valence-electron chi connectivity index (χ0n) is 19.5. The fraction of sp³-hybridized carbons (Fsp3) is 0.214. The van der Waals surface area contributed by atoms with E-state index in [1.165, 1.54) is 4.90 Å². The topological polar surface area (TPSA) is 66.8 Å². The van der Waals surface area contributed by atoms with E-state index in [1.54, 1.807) is 13.2 Å². The number of Topliss-reactive ketones (excluding diaryl/α,β-unsaturated/α-hetero) is 1. The van der Waals surface area contributed by atoms with Gasteiger partial charge in [0, 0.05) is 11.3 Å². The molecule has 0 aromatic heterocycles. The lowest BCUT2D eigenvalue weighted by Crippen LogP contribution is -2.30. The van der Waals surface area contributed by atoms with Gasteiger partial charge in [-0.05, 0) is 73.7 Å². The molecule has 0 spiro atoms. The van der Waals surface area contributed by atoms with Crippen LogP contribution >= 0.6 is 0 Å². The molecule has 1 aliphatic rings. The summed E-state index contributed by atoms with van der Waals surface area (Å²) in [5.41, 5.74) is 5.43. The van der Waals surface area contributed by atoms with Crippen molar-refractivity contribution in [1.82, 2.24) is 0 Å². The van der Waals surface area contributed by atoms with Crippen molar-refractivity contribution >= 4 is 23.1 Å². The molecule has 0 saturated carbocycles. The smallest absolute Gasteiger partial charge is 0.300 e. The molecule has 1 amide bonds.